The van der Waals surface area contributed by atoms with Gasteiger partial charge >= 0.3 is 0 Å². The Hall–Kier alpha value is -1.90. The number of hydrogen-bond donors (Lipinski definition) is 3. The van der Waals surface area contributed by atoms with Crippen LogP contribution in [0.15, 0.2) is 35.5 Å². The molecule has 0 atom stereocenters. The Kier molecular flexibility index (Phi) is 4.94. The Bertz CT molecular complexity index is 697. The second-order valence-electron chi connectivity index (χ2n) is 4.45. The van der Waals surface area contributed by atoms with E-state index in [1.165, 1.54) is 6.20 Å². The summed E-state index contributed by atoms with van der Waals surface area (Å²) >= 11 is 0. The highest BCUT2D eigenvalue weighted by atomic mass is 32.2. The van der Waals surface area contributed by atoms with Crippen molar-refractivity contribution in [3.8, 4) is 0 Å². The Morgan fingerprint density at radius 1 is 1.29 bits per heavy atom. The number of sulfonamides is 1. The molecule has 0 aliphatic heterocycles. The number of benzene rings is 1. The highest BCUT2D eigenvalue weighted by Crippen LogP contribution is 2.21. The highest BCUT2D eigenvalue weighted by Gasteiger charge is 2.21. The first-order chi connectivity index (χ1) is 10.1. The number of para-hydroxylation sites is 1. The van der Waals surface area contributed by atoms with Crippen LogP contribution in [0.4, 0.5) is 5.69 Å². The van der Waals surface area contributed by atoms with Crippen molar-refractivity contribution in [2.45, 2.75) is 18.2 Å². The first-order valence-corrected chi connectivity index (χ1v) is 7.83. The van der Waals surface area contributed by atoms with Gasteiger partial charge in [-0.15, -0.1) is 0 Å². The number of H-pyrrole nitrogens is 1. The fraction of sp³-hybridized carbons (Fsp3) is 0.308. The predicted molar refractivity (Wildman–Crippen MR) is 79.3 cm³/mol. The largest absolute Gasteiger partial charge is 0.380 e. The number of hydrogen-bond acceptors (Lipinski definition) is 5. The first kappa shape index (κ1) is 15.5. The zero-order chi connectivity index (χ0) is 15.3. The highest BCUT2D eigenvalue weighted by molar-refractivity contribution is 7.92. The first-order valence-electron chi connectivity index (χ1n) is 6.35. The summed E-state index contributed by atoms with van der Waals surface area (Å²) < 4.78 is 32.6. The summed E-state index contributed by atoms with van der Waals surface area (Å²) in [4.78, 5) is 0. The minimum absolute atomic E-state index is 0.0593. The summed E-state index contributed by atoms with van der Waals surface area (Å²) in [7, 11) is -0.426. The Morgan fingerprint density at radius 3 is 2.76 bits per heavy atom. The van der Waals surface area contributed by atoms with E-state index in [9.17, 15) is 8.42 Å². The molecule has 0 radical (unpaired) electrons. The van der Waals surface area contributed by atoms with Crippen molar-refractivity contribution in [1.29, 1.82) is 0 Å². The topological polar surface area (TPSA) is 96.1 Å². The maximum atomic E-state index is 12.5. The summed E-state index contributed by atoms with van der Waals surface area (Å²) in [6, 6.07) is 7.09. The van der Waals surface area contributed by atoms with Gasteiger partial charge in [0, 0.05) is 24.8 Å². The van der Waals surface area contributed by atoms with E-state index in [2.05, 4.69) is 20.2 Å². The standard InChI is InChI=1S/C13H18N4O3S/c1-14-7-11-8-15-16-13(11)21(18,19)17-12-6-4-3-5-10(12)9-20-2/h3-6,8,14,17H,7,9H2,1-2H3,(H,15,16). The number of aromatic amines is 1. The second-order valence-corrected chi connectivity index (χ2v) is 6.07. The summed E-state index contributed by atoms with van der Waals surface area (Å²) in [6.45, 7) is 0.734. The molecule has 1 aromatic carbocycles. The van der Waals surface area contributed by atoms with Crippen molar-refractivity contribution in [3.05, 3.63) is 41.6 Å². The lowest BCUT2D eigenvalue weighted by Crippen LogP contribution is -2.18. The van der Waals surface area contributed by atoms with E-state index in [1.807, 2.05) is 12.1 Å². The molecule has 2 rings (SSSR count). The minimum Gasteiger partial charge on any atom is -0.380 e. The van der Waals surface area contributed by atoms with Crippen LogP contribution in [0.2, 0.25) is 0 Å². The van der Waals surface area contributed by atoms with Crippen LogP contribution in [0, 0.1) is 0 Å². The van der Waals surface area contributed by atoms with Gasteiger partial charge in [0.2, 0.25) is 0 Å². The molecule has 2 aromatic rings. The van der Waals surface area contributed by atoms with E-state index >= 15 is 0 Å². The molecule has 7 nitrogen and oxygen atoms in total. The average molecular weight is 310 g/mol. The predicted octanol–water partition coefficient (Wildman–Crippen LogP) is 1.08. The van der Waals surface area contributed by atoms with Crippen molar-refractivity contribution >= 4 is 15.7 Å². The van der Waals surface area contributed by atoms with Crippen LogP contribution in [0.5, 0.6) is 0 Å². The van der Waals surface area contributed by atoms with E-state index in [0.717, 1.165) is 5.56 Å². The van der Waals surface area contributed by atoms with Crippen molar-refractivity contribution in [2.24, 2.45) is 0 Å². The third-order valence-corrected chi connectivity index (χ3v) is 4.26. The molecular weight excluding hydrogens is 292 g/mol. The molecule has 0 unspecified atom stereocenters. The molecule has 0 saturated carbocycles. The van der Waals surface area contributed by atoms with Crippen LogP contribution in [0.3, 0.4) is 0 Å². The summed E-state index contributed by atoms with van der Waals surface area (Å²) in [5, 5.41) is 9.29. The van der Waals surface area contributed by atoms with Crippen molar-refractivity contribution in [3.63, 3.8) is 0 Å². The molecular formula is C13H18N4O3S. The lowest BCUT2D eigenvalue weighted by atomic mass is 10.2. The number of nitrogens with one attached hydrogen (secondary N) is 3. The van der Waals surface area contributed by atoms with Crippen molar-refractivity contribution in [1.82, 2.24) is 15.5 Å². The van der Waals surface area contributed by atoms with E-state index in [-0.39, 0.29) is 5.03 Å². The van der Waals surface area contributed by atoms with Crippen LogP contribution in [0.1, 0.15) is 11.1 Å². The number of methoxy groups -OCH3 is 1. The van der Waals surface area contributed by atoms with Gasteiger partial charge in [-0.25, -0.2) is 0 Å². The van der Waals surface area contributed by atoms with Gasteiger partial charge < -0.3 is 10.1 Å². The van der Waals surface area contributed by atoms with E-state index in [4.69, 9.17) is 4.74 Å². The van der Waals surface area contributed by atoms with Gasteiger partial charge in [0.1, 0.15) is 0 Å². The fourth-order valence-corrected chi connectivity index (χ4v) is 3.18. The Labute approximate surface area is 123 Å². The maximum Gasteiger partial charge on any atom is 0.279 e. The third-order valence-electron chi connectivity index (χ3n) is 2.88. The van der Waals surface area contributed by atoms with Gasteiger partial charge in [-0.05, 0) is 13.1 Å². The molecule has 0 saturated heterocycles. The van der Waals surface area contributed by atoms with Crippen LogP contribution in [-0.2, 0) is 27.9 Å². The van der Waals surface area contributed by atoms with Crippen LogP contribution >= 0.6 is 0 Å². The van der Waals surface area contributed by atoms with Crippen LogP contribution in [-0.4, -0.2) is 32.8 Å². The zero-order valence-electron chi connectivity index (χ0n) is 11.9. The summed E-state index contributed by atoms with van der Waals surface area (Å²) in [5.74, 6) is 0. The monoisotopic (exact) mass is 310 g/mol. The van der Waals surface area contributed by atoms with Gasteiger partial charge in [0.25, 0.3) is 10.0 Å². The van der Waals surface area contributed by atoms with Gasteiger partial charge in [0.15, 0.2) is 5.03 Å². The molecule has 0 amide bonds. The fourth-order valence-electron chi connectivity index (χ4n) is 1.95. The van der Waals surface area contributed by atoms with E-state index < -0.39 is 10.0 Å². The van der Waals surface area contributed by atoms with Gasteiger partial charge in [0.05, 0.1) is 18.5 Å². The van der Waals surface area contributed by atoms with Crippen LogP contribution in [0.25, 0.3) is 0 Å². The zero-order valence-corrected chi connectivity index (χ0v) is 12.7. The van der Waals surface area contributed by atoms with Crippen molar-refractivity contribution < 1.29 is 13.2 Å². The lowest BCUT2D eigenvalue weighted by Gasteiger charge is -2.12. The number of anilines is 1. The molecule has 21 heavy (non-hydrogen) atoms. The number of ether oxygens (including phenoxy) is 1. The molecule has 0 aliphatic rings. The molecule has 0 spiro atoms. The second kappa shape index (κ2) is 6.70. The Balaban J connectivity index is 2.31. The molecule has 0 aliphatic carbocycles. The van der Waals surface area contributed by atoms with Crippen LogP contribution < -0.4 is 10.0 Å². The number of rotatable bonds is 7. The van der Waals surface area contributed by atoms with E-state index in [1.54, 1.807) is 26.3 Å². The summed E-state index contributed by atoms with van der Waals surface area (Å²) in [6.07, 6.45) is 1.49. The average Bonchev–Trinajstić information content (AvgIpc) is 2.91. The molecule has 114 valence electrons. The number of nitrogens with zero attached hydrogens (tertiary/aromatic N) is 1. The molecule has 0 fully saturated rings. The number of aromatic nitrogens is 2. The minimum atomic E-state index is -3.73. The maximum absolute atomic E-state index is 12.5. The molecule has 1 heterocycles. The van der Waals surface area contributed by atoms with Gasteiger partial charge in [-0.3, -0.25) is 9.82 Å². The molecule has 3 N–H and O–H groups in total. The molecule has 8 heteroatoms. The normalized spacial score (nSPS) is 11.5. The third kappa shape index (κ3) is 3.60. The van der Waals surface area contributed by atoms with Gasteiger partial charge in [-0.1, -0.05) is 18.2 Å². The van der Waals surface area contributed by atoms with Gasteiger partial charge in [-0.2, -0.15) is 13.5 Å². The lowest BCUT2D eigenvalue weighted by molar-refractivity contribution is 0.185. The van der Waals surface area contributed by atoms with E-state index in [0.29, 0.717) is 24.4 Å². The quantitative estimate of drug-likeness (QED) is 0.711. The Morgan fingerprint density at radius 2 is 2.05 bits per heavy atom. The molecule has 0 bridgehead atoms. The SMILES string of the molecule is CNCc1cn[nH]c1S(=O)(=O)Nc1ccccc1COC. The molecule has 1 aromatic heterocycles. The van der Waals surface area contributed by atoms with Crippen molar-refractivity contribution in [2.75, 3.05) is 18.9 Å². The summed E-state index contributed by atoms with van der Waals surface area (Å²) in [5.41, 5.74) is 1.83. The smallest absolute Gasteiger partial charge is 0.279 e.